The molecule has 0 atom stereocenters. The predicted octanol–water partition coefficient (Wildman–Crippen LogP) is 3.27. The molecule has 0 aliphatic carbocycles. The zero-order valence-electron chi connectivity index (χ0n) is 15.8. The maximum Gasteiger partial charge on any atom is 0.254 e. The van der Waals surface area contributed by atoms with E-state index in [9.17, 15) is 4.79 Å². The minimum absolute atomic E-state index is 0.0936. The zero-order chi connectivity index (χ0) is 19.6. The number of allylic oxidation sites excluding steroid dienone is 1. The molecule has 0 radical (unpaired) electrons. The summed E-state index contributed by atoms with van der Waals surface area (Å²) in [5, 5.41) is 4.78. The number of amides is 1. The fourth-order valence-corrected chi connectivity index (χ4v) is 3.28. The Labute approximate surface area is 171 Å². The first kappa shape index (κ1) is 20.3. The van der Waals surface area contributed by atoms with Crippen LogP contribution in [0.4, 0.5) is 0 Å². The lowest BCUT2D eigenvalue weighted by molar-refractivity contribution is -0.122. The van der Waals surface area contributed by atoms with E-state index in [0.717, 1.165) is 48.9 Å². The average Bonchev–Trinajstić information content (AvgIpc) is 2.72. The third kappa shape index (κ3) is 6.60. The van der Waals surface area contributed by atoms with Crippen molar-refractivity contribution in [3.8, 4) is 0 Å². The highest BCUT2D eigenvalue weighted by Crippen LogP contribution is 2.17. The first-order valence-electron chi connectivity index (χ1n) is 9.42. The van der Waals surface area contributed by atoms with Crippen molar-refractivity contribution in [3.63, 3.8) is 0 Å². The molecule has 28 heavy (non-hydrogen) atoms. The maximum atomic E-state index is 12.0. The van der Waals surface area contributed by atoms with Crippen LogP contribution in [0.3, 0.4) is 0 Å². The van der Waals surface area contributed by atoms with Gasteiger partial charge in [0, 0.05) is 44.0 Å². The van der Waals surface area contributed by atoms with Crippen LogP contribution in [0.25, 0.3) is 6.08 Å². The molecule has 1 N–H and O–H groups in total. The summed E-state index contributed by atoms with van der Waals surface area (Å²) in [6.45, 7) is 4.76. The minimum Gasteiger partial charge on any atom is -0.296 e. The van der Waals surface area contributed by atoms with Crippen molar-refractivity contribution in [2.24, 2.45) is 5.10 Å². The molecule has 3 rings (SSSR count). The Morgan fingerprint density at radius 2 is 1.68 bits per heavy atom. The van der Waals surface area contributed by atoms with Gasteiger partial charge in [-0.1, -0.05) is 66.2 Å². The average molecular weight is 397 g/mol. The van der Waals surface area contributed by atoms with E-state index in [-0.39, 0.29) is 5.91 Å². The van der Waals surface area contributed by atoms with Crippen molar-refractivity contribution < 1.29 is 4.79 Å². The largest absolute Gasteiger partial charge is 0.296 e. The lowest BCUT2D eigenvalue weighted by Gasteiger charge is -2.34. The van der Waals surface area contributed by atoms with E-state index in [1.807, 2.05) is 60.7 Å². The Morgan fingerprint density at radius 1 is 1.00 bits per heavy atom. The smallest absolute Gasteiger partial charge is 0.254 e. The van der Waals surface area contributed by atoms with Gasteiger partial charge in [-0.25, -0.2) is 5.43 Å². The second kappa shape index (κ2) is 10.8. The lowest BCUT2D eigenvalue weighted by atomic mass is 10.2. The number of halogens is 1. The molecule has 1 fully saturated rings. The molecule has 0 spiro atoms. The van der Waals surface area contributed by atoms with Gasteiger partial charge in [0.25, 0.3) is 5.91 Å². The fourth-order valence-electron chi connectivity index (χ4n) is 3.08. The van der Waals surface area contributed by atoms with E-state index >= 15 is 0 Å². The van der Waals surface area contributed by atoms with Crippen LogP contribution in [0, 0.1) is 0 Å². The molecule has 1 aliphatic rings. The Hall–Kier alpha value is -2.47. The van der Waals surface area contributed by atoms with Gasteiger partial charge in [-0.3, -0.25) is 14.6 Å². The number of rotatable bonds is 7. The number of piperazine rings is 1. The van der Waals surface area contributed by atoms with Crippen LogP contribution in [0.5, 0.6) is 0 Å². The number of carbonyl (C=O) groups is 1. The number of nitrogens with zero attached hydrogens (tertiary/aromatic N) is 3. The standard InChI is InChI=1S/C22H25ClN4O/c23-21-11-5-4-10-20(21)17-26-13-15-27(16-14-26)18-22(28)25-24-12-6-9-19-7-2-1-3-8-19/h1-12H,13-18H2,(H,25,28)/b9-6-,24-12-. The first-order valence-corrected chi connectivity index (χ1v) is 9.80. The van der Waals surface area contributed by atoms with Crippen LogP contribution >= 0.6 is 11.6 Å². The molecule has 0 aromatic heterocycles. The molecule has 0 saturated carbocycles. The molecule has 1 saturated heterocycles. The molecule has 5 nitrogen and oxygen atoms in total. The molecule has 0 unspecified atom stereocenters. The predicted molar refractivity (Wildman–Crippen MR) is 115 cm³/mol. The number of hydrogen-bond donors (Lipinski definition) is 1. The molecular weight excluding hydrogens is 372 g/mol. The van der Waals surface area contributed by atoms with Gasteiger partial charge in [0.05, 0.1) is 6.54 Å². The van der Waals surface area contributed by atoms with E-state index in [1.54, 1.807) is 6.21 Å². The molecule has 1 aliphatic heterocycles. The van der Waals surface area contributed by atoms with Crippen molar-refractivity contribution in [3.05, 3.63) is 76.8 Å². The van der Waals surface area contributed by atoms with Crippen LogP contribution in [-0.2, 0) is 11.3 Å². The van der Waals surface area contributed by atoms with Gasteiger partial charge in [-0.05, 0) is 23.3 Å². The van der Waals surface area contributed by atoms with E-state index in [1.165, 1.54) is 0 Å². The summed E-state index contributed by atoms with van der Waals surface area (Å²) in [7, 11) is 0. The van der Waals surface area contributed by atoms with Crippen molar-refractivity contribution in [2.45, 2.75) is 6.54 Å². The highest BCUT2D eigenvalue weighted by Gasteiger charge is 2.19. The van der Waals surface area contributed by atoms with Gasteiger partial charge in [-0.2, -0.15) is 5.10 Å². The highest BCUT2D eigenvalue weighted by atomic mass is 35.5. The normalized spacial score (nSPS) is 16.0. The van der Waals surface area contributed by atoms with Crippen LogP contribution in [0.2, 0.25) is 5.02 Å². The van der Waals surface area contributed by atoms with E-state index in [4.69, 9.17) is 11.6 Å². The van der Waals surface area contributed by atoms with Gasteiger partial charge in [0.2, 0.25) is 0 Å². The summed E-state index contributed by atoms with van der Waals surface area (Å²) in [5.74, 6) is -0.0936. The first-order chi connectivity index (χ1) is 13.7. The molecule has 2 aromatic rings. The number of benzene rings is 2. The lowest BCUT2D eigenvalue weighted by Crippen LogP contribution is -2.48. The second-order valence-electron chi connectivity index (χ2n) is 6.73. The fraction of sp³-hybridized carbons (Fsp3) is 0.273. The van der Waals surface area contributed by atoms with Crippen LogP contribution in [0.15, 0.2) is 65.8 Å². The van der Waals surface area contributed by atoms with Gasteiger partial charge in [-0.15, -0.1) is 0 Å². The number of carbonyl (C=O) groups excluding carboxylic acids is 1. The van der Waals surface area contributed by atoms with Crippen LogP contribution < -0.4 is 5.43 Å². The maximum absolute atomic E-state index is 12.0. The minimum atomic E-state index is -0.0936. The van der Waals surface area contributed by atoms with Crippen molar-refractivity contribution in [1.29, 1.82) is 0 Å². The number of nitrogens with one attached hydrogen (secondary N) is 1. The monoisotopic (exact) mass is 396 g/mol. The quantitative estimate of drug-likeness (QED) is 0.577. The summed E-state index contributed by atoms with van der Waals surface area (Å²) in [4.78, 5) is 16.5. The Bertz CT molecular complexity index is 814. The van der Waals surface area contributed by atoms with Crippen molar-refractivity contribution in [2.75, 3.05) is 32.7 Å². The molecule has 146 valence electrons. The van der Waals surface area contributed by atoms with E-state index in [0.29, 0.717) is 6.54 Å². The Balaban J connectivity index is 1.35. The SMILES string of the molecule is O=C(CN1CCN(Cc2ccccc2Cl)CC1)N/N=C\C=C/c1ccccc1. The third-order valence-electron chi connectivity index (χ3n) is 4.62. The van der Waals surface area contributed by atoms with Gasteiger partial charge in [0.1, 0.15) is 0 Å². The Kier molecular flexibility index (Phi) is 7.79. The molecular formula is C22H25ClN4O. The Morgan fingerprint density at radius 3 is 2.43 bits per heavy atom. The van der Waals surface area contributed by atoms with Crippen LogP contribution in [0.1, 0.15) is 11.1 Å². The summed E-state index contributed by atoms with van der Waals surface area (Å²) in [5.41, 5.74) is 4.82. The number of hydrazone groups is 1. The number of hydrogen-bond acceptors (Lipinski definition) is 4. The van der Waals surface area contributed by atoms with Gasteiger partial charge >= 0.3 is 0 Å². The summed E-state index contributed by atoms with van der Waals surface area (Å²) in [6, 6.07) is 17.9. The van der Waals surface area contributed by atoms with Crippen molar-refractivity contribution >= 4 is 29.8 Å². The molecule has 2 aromatic carbocycles. The zero-order valence-corrected chi connectivity index (χ0v) is 16.6. The summed E-state index contributed by atoms with van der Waals surface area (Å²) in [6.07, 6.45) is 5.34. The summed E-state index contributed by atoms with van der Waals surface area (Å²) < 4.78 is 0. The summed E-state index contributed by atoms with van der Waals surface area (Å²) >= 11 is 6.24. The van der Waals surface area contributed by atoms with Crippen molar-refractivity contribution in [1.82, 2.24) is 15.2 Å². The van der Waals surface area contributed by atoms with Gasteiger partial charge < -0.3 is 0 Å². The van der Waals surface area contributed by atoms with E-state index < -0.39 is 0 Å². The van der Waals surface area contributed by atoms with E-state index in [2.05, 4.69) is 26.4 Å². The second-order valence-corrected chi connectivity index (χ2v) is 7.13. The molecule has 1 amide bonds. The molecule has 6 heteroatoms. The van der Waals surface area contributed by atoms with Gasteiger partial charge in [0.15, 0.2) is 0 Å². The topological polar surface area (TPSA) is 47.9 Å². The van der Waals surface area contributed by atoms with Crippen LogP contribution in [-0.4, -0.2) is 54.6 Å². The molecule has 1 heterocycles. The molecule has 0 bridgehead atoms. The highest BCUT2D eigenvalue weighted by molar-refractivity contribution is 6.31. The third-order valence-corrected chi connectivity index (χ3v) is 4.99.